The second kappa shape index (κ2) is 5.66. The number of anilines is 1. The van der Waals surface area contributed by atoms with Crippen molar-refractivity contribution in [3.05, 3.63) is 29.3 Å². The third-order valence-corrected chi connectivity index (χ3v) is 2.11. The molecule has 14 heavy (non-hydrogen) atoms. The highest BCUT2D eigenvalue weighted by Crippen LogP contribution is 2.12. The standard InChI is InChI=1S/C12H20N2/c1-4-5-6-13-14-12-8-10(2)7-11(3)9-12/h7-9,13-14H,4-6H2,1-3H3. The first-order valence-corrected chi connectivity index (χ1v) is 5.29. The molecule has 0 radical (unpaired) electrons. The molecule has 0 amide bonds. The predicted molar refractivity (Wildman–Crippen MR) is 62.4 cm³/mol. The molecule has 0 saturated carbocycles. The minimum Gasteiger partial charge on any atom is -0.321 e. The van der Waals surface area contributed by atoms with Crippen molar-refractivity contribution in [1.29, 1.82) is 0 Å². The molecule has 0 aromatic heterocycles. The summed E-state index contributed by atoms with van der Waals surface area (Å²) < 4.78 is 0. The third-order valence-electron chi connectivity index (χ3n) is 2.11. The van der Waals surface area contributed by atoms with Crippen molar-refractivity contribution in [1.82, 2.24) is 5.43 Å². The molecule has 2 nitrogen and oxygen atoms in total. The lowest BCUT2D eigenvalue weighted by atomic mass is 10.1. The van der Waals surface area contributed by atoms with Gasteiger partial charge >= 0.3 is 0 Å². The summed E-state index contributed by atoms with van der Waals surface area (Å²) in [5, 5.41) is 0. The van der Waals surface area contributed by atoms with Gasteiger partial charge in [0.25, 0.3) is 0 Å². The van der Waals surface area contributed by atoms with Crippen molar-refractivity contribution in [2.75, 3.05) is 12.0 Å². The van der Waals surface area contributed by atoms with Crippen LogP contribution in [0.2, 0.25) is 0 Å². The molecule has 0 aliphatic rings. The lowest BCUT2D eigenvalue weighted by molar-refractivity contribution is 0.703. The number of aryl methyl sites for hydroxylation is 2. The van der Waals surface area contributed by atoms with Gasteiger partial charge < -0.3 is 5.43 Å². The Morgan fingerprint density at radius 1 is 1.07 bits per heavy atom. The summed E-state index contributed by atoms with van der Waals surface area (Å²) in [4.78, 5) is 0. The van der Waals surface area contributed by atoms with Gasteiger partial charge in [-0.1, -0.05) is 19.4 Å². The molecule has 0 spiro atoms. The van der Waals surface area contributed by atoms with E-state index in [0.717, 1.165) is 12.2 Å². The molecule has 0 saturated heterocycles. The van der Waals surface area contributed by atoms with E-state index in [9.17, 15) is 0 Å². The monoisotopic (exact) mass is 192 g/mol. The molecule has 0 fully saturated rings. The van der Waals surface area contributed by atoms with Crippen molar-refractivity contribution in [2.45, 2.75) is 33.6 Å². The van der Waals surface area contributed by atoms with Crippen molar-refractivity contribution in [2.24, 2.45) is 0 Å². The van der Waals surface area contributed by atoms with E-state index < -0.39 is 0 Å². The largest absolute Gasteiger partial charge is 0.321 e. The van der Waals surface area contributed by atoms with Gasteiger partial charge in [-0.2, -0.15) is 0 Å². The van der Waals surface area contributed by atoms with Crippen LogP contribution in [0, 0.1) is 13.8 Å². The molecule has 0 aliphatic heterocycles. The summed E-state index contributed by atoms with van der Waals surface area (Å²) in [5.41, 5.74) is 10.2. The Kier molecular flexibility index (Phi) is 4.47. The molecule has 1 aromatic rings. The fourth-order valence-electron chi connectivity index (χ4n) is 1.48. The third kappa shape index (κ3) is 3.79. The van der Waals surface area contributed by atoms with Crippen LogP contribution in [0.5, 0.6) is 0 Å². The van der Waals surface area contributed by atoms with E-state index in [4.69, 9.17) is 0 Å². The molecule has 0 aliphatic carbocycles. The number of hydrogen-bond acceptors (Lipinski definition) is 2. The maximum atomic E-state index is 3.21. The number of unbranched alkanes of at least 4 members (excludes halogenated alkanes) is 1. The summed E-state index contributed by atoms with van der Waals surface area (Å²) in [6.45, 7) is 7.44. The zero-order chi connectivity index (χ0) is 10.4. The normalized spacial score (nSPS) is 10.2. The maximum Gasteiger partial charge on any atom is 0.0492 e. The summed E-state index contributed by atoms with van der Waals surface area (Å²) in [5.74, 6) is 0. The molecule has 1 aromatic carbocycles. The van der Waals surface area contributed by atoms with Gasteiger partial charge in [-0.05, 0) is 43.5 Å². The van der Waals surface area contributed by atoms with Crippen LogP contribution >= 0.6 is 0 Å². The van der Waals surface area contributed by atoms with Crippen LogP contribution in [-0.2, 0) is 0 Å². The van der Waals surface area contributed by atoms with E-state index >= 15 is 0 Å². The Balaban J connectivity index is 2.42. The molecule has 0 unspecified atom stereocenters. The summed E-state index contributed by atoms with van der Waals surface area (Å²) in [6, 6.07) is 6.47. The van der Waals surface area contributed by atoms with E-state index in [1.54, 1.807) is 0 Å². The maximum absolute atomic E-state index is 3.21. The van der Waals surface area contributed by atoms with E-state index in [-0.39, 0.29) is 0 Å². The fourth-order valence-corrected chi connectivity index (χ4v) is 1.48. The Bertz CT molecular complexity index is 261. The average molecular weight is 192 g/mol. The minimum atomic E-state index is 1.02. The summed E-state index contributed by atoms with van der Waals surface area (Å²) in [6.07, 6.45) is 2.43. The van der Waals surface area contributed by atoms with Gasteiger partial charge in [0.05, 0.1) is 0 Å². The van der Waals surface area contributed by atoms with Crippen molar-refractivity contribution in [3.8, 4) is 0 Å². The first-order chi connectivity index (χ1) is 6.72. The molecule has 0 atom stereocenters. The number of rotatable bonds is 5. The van der Waals surface area contributed by atoms with Crippen LogP contribution in [0.4, 0.5) is 5.69 Å². The van der Waals surface area contributed by atoms with Gasteiger partial charge in [0.15, 0.2) is 0 Å². The highest BCUT2D eigenvalue weighted by Gasteiger charge is 1.93. The highest BCUT2D eigenvalue weighted by atomic mass is 15.3. The van der Waals surface area contributed by atoms with Crippen molar-refractivity contribution >= 4 is 5.69 Å². The summed E-state index contributed by atoms with van der Waals surface area (Å²) >= 11 is 0. The van der Waals surface area contributed by atoms with Gasteiger partial charge in [-0.3, -0.25) is 0 Å². The van der Waals surface area contributed by atoms with Gasteiger partial charge in [-0.15, -0.1) is 0 Å². The van der Waals surface area contributed by atoms with Gasteiger partial charge in [0, 0.05) is 12.2 Å². The van der Waals surface area contributed by atoms with E-state index in [1.165, 1.54) is 24.0 Å². The first-order valence-electron chi connectivity index (χ1n) is 5.29. The zero-order valence-corrected chi connectivity index (χ0v) is 9.35. The van der Waals surface area contributed by atoms with Crippen molar-refractivity contribution in [3.63, 3.8) is 0 Å². The first kappa shape index (κ1) is 11.1. The van der Waals surface area contributed by atoms with Crippen LogP contribution in [0.1, 0.15) is 30.9 Å². The predicted octanol–water partition coefficient (Wildman–Crippen LogP) is 3.02. The van der Waals surface area contributed by atoms with Crippen LogP contribution < -0.4 is 10.9 Å². The Morgan fingerprint density at radius 3 is 2.29 bits per heavy atom. The van der Waals surface area contributed by atoms with Gasteiger partial charge in [0.2, 0.25) is 0 Å². The molecule has 2 heteroatoms. The second-order valence-electron chi connectivity index (χ2n) is 3.78. The van der Waals surface area contributed by atoms with Crippen LogP contribution in [-0.4, -0.2) is 6.54 Å². The molecule has 1 rings (SSSR count). The fraction of sp³-hybridized carbons (Fsp3) is 0.500. The number of nitrogens with one attached hydrogen (secondary N) is 2. The Morgan fingerprint density at radius 2 is 1.71 bits per heavy atom. The highest BCUT2D eigenvalue weighted by molar-refractivity contribution is 5.47. The number of hydrazine groups is 1. The number of hydrogen-bond donors (Lipinski definition) is 2. The van der Waals surface area contributed by atoms with E-state index in [1.807, 2.05) is 0 Å². The lowest BCUT2D eigenvalue weighted by Crippen LogP contribution is -2.22. The van der Waals surface area contributed by atoms with E-state index in [2.05, 4.69) is 49.8 Å². The molecule has 0 heterocycles. The van der Waals surface area contributed by atoms with E-state index in [0.29, 0.717) is 0 Å². The molecule has 0 bridgehead atoms. The summed E-state index contributed by atoms with van der Waals surface area (Å²) in [7, 11) is 0. The average Bonchev–Trinajstić information content (AvgIpc) is 2.11. The second-order valence-corrected chi connectivity index (χ2v) is 3.78. The Hall–Kier alpha value is -1.02. The van der Waals surface area contributed by atoms with Crippen LogP contribution in [0.15, 0.2) is 18.2 Å². The van der Waals surface area contributed by atoms with Crippen molar-refractivity contribution < 1.29 is 0 Å². The Labute approximate surface area is 86.7 Å². The number of benzene rings is 1. The molecular formula is C12H20N2. The smallest absolute Gasteiger partial charge is 0.0492 e. The SMILES string of the molecule is CCCCNNc1cc(C)cc(C)c1. The van der Waals surface area contributed by atoms with Gasteiger partial charge in [-0.25, -0.2) is 5.43 Å². The molecule has 78 valence electrons. The lowest BCUT2D eigenvalue weighted by Gasteiger charge is -2.09. The van der Waals surface area contributed by atoms with Gasteiger partial charge in [0.1, 0.15) is 0 Å². The zero-order valence-electron chi connectivity index (χ0n) is 9.35. The molecular weight excluding hydrogens is 172 g/mol. The molecule has 2 N–H and O–H groups in total. The van der Waals surface area contributed by atoms with Crippen LogP contribution in [0.3, 0.4) is 0 Å². The minimum absolute atomic E-state index is 1.02. The quantitative estimate of drug-likeness (QED) is 0.553. The topological polar surface area (TPSA) is 24.1 Å². The van der Waals surface area contributed by atoms with Crippen LogP contribution in [0.25, 0.3) is 0 Å².